The predicted octanol–water partition coefficient (Wildman–Crippen LogP) is 5.02. The molecule has 0 bridgehead atoms. The molecule has 7 heteroatoms. The molecule has 0 atom stereocenters. The molecule has 2 aromatic carbocycles. The average Bonchev–Trinajstić information content (AvgIpc) is 3.43. The van der Waals surface area contributed by atoms with Crippen molar-refractivity contribution in [2.45, 2.75) is 25.5 Å². The summed E-state index contributed by atoms with van der Waals surface area (Å²) >= 11 is 3.03. The molecule has 2 aromatic heterocycles. The zero-order valence-corrected chi connectivity index (χ0v) is 18.5. The van der Waals surface area contributed by atoms with Gasteiger partial charge in [-0.25, -0.2) is 0 Å². The zero-order chi connectivity index (χ0) is 20.9. The van der Waals surface area contributed by atoms with Gasteiger partial charge in [0.25, 0.3) is 0 Å². The summed E-state index contributed by atoms with van der Waals surface area (Å²) in [6.45, 7) is 4.74. The Hall–Kier alpha value is -2.90. The van der Waals surface area contributed by atoms with E-state index >= 15 is 0 Å². The van der Waals surface area contributed by atoms with Gasteiger partial charge in [-0.05, 0) is 48.6 Å². The van der Waals surface area contributed by atoms with Gasteiger partial charge in [0, 0.05) is 10.4 Å². The Morgan fingerprint density at radius 1 is 1.03 bits per heavy atom. The number of aromatic nitrogens is 3. The van der Waals surface area contributed by atoms with Gasteiger partial charge in [0.1, 0.15) is 0 Å². The number of amides is 1. The fraction of sp³-hybridized carbons (Fsp3) is 0.174. The first-order valence-electron chi connectivity index (χ1n) is 9.62. The number of carbonyl (C=O) groups excluding carboxylic acids is 1. The van der Waals surface area contributed by atoms with E-state index in [0.29, 0.717) is 11.7 Å². The van der Waals surface area contributed by atoms with Gasteiger partial charge in [0.05, 0.1) is 18.0 Å². The van der Waals surface area contributed by atoms with Crippen LogP contribution in [0.25, 0.3) is 17.1 Å². The monoisotopic (exact) mass is 434 g/mol. The van der Waals surface area contributed by atoms with Crippen molar-refractivity contribution in [1.82, 2.24) is 20.1 Å². The summed E-state index contributed by atoms with van der Waals surface area (Å²) in [6, 6.07) is 20.3. The van der Waals surface area contributed by atoms with E-state index in [9.17, 15) is 4.79 Å². The molecule has 5 nitrogen and oxygen atoms in total. The SMILES string of the molecule is Cc1ccc(-n2c(SCC(=O)NCc3cccs3)nnc2-c2ccccc2)cc1C. The third-order valence-electron chi connectivity index (χ3n) is 4.79. The highest BCUT2D eigenvalue weighted by Gasteiger charge is 2.17. The summed E-state index contributed by atoms with van der Waals surface area (Å²) < 4.78 is 2.03. The lowest BCUT2D eigenvalue weighted by molar-refractivity contribution is -0.118. The Morgan fingerprint density at radius 2 is 1.87 bits per heavy atom. The quantitative estimate of drug-likeness (QED) is 0.415. The summed E-state index contributed by atoms with van der Waals surface area (Å²) in [4.78, 5) is 13.5. The van der Waals surface area contributed by atoms with Gasteiger partial charge in [-0.3, -0.25) is 9.36 Å². The number of nitrogens with zero attached hydrogens (tertiary/aromatic N) is 3. The molecule has 1 amide bonds. The summed E-state index contributed by atoms with van der Waals surface area (Å²) in [7, 11) is 0. The number of hydrogen-bond donors (Lipinski definition) is 1. The zero-order valence-electron chi connectivity index (χ0n) is 16.8. The van der Waals surface area contributed by atoms with E-state index in [2.05, 4.69) is 47.6 Å². The normalized spacial score (nSPS) is 10.9. The molecule has 30 heavy (non-hydrogen) atoms. The molecule has 0 saturated heterocycles. The third-order valence-corrected chi connectivity index (χ3v) is 6.59. The fourth-order valence-electron chi connectivity index (χ4n) is 3.02. The molecular formula is C23H22N4OS2. The highest BCUT2D eigenvalue weighted by molar-refractivity contribution is 7.99. The first kappa shape index (κ1) is 20.4. The average molecular weight is 435 g/mol. The second-order valence-electron chi connectivity index (χ2n) is 6.92. The number of hydrogen-bond acceptors (Lipinski definition) is 5. The maximum Gasteiger partial charge on any atom is 0.230 e. The van der Waals surface area contributed by atoms with Gasteiger partial charge in [0.2, 0.25) is 5.91 Å². The standard InChI is InChI=1S/C23H22N4OS2/c1-16-10-11-19(13-17(16)2)27-22(18-7-4-3-5-8-18)25-26-23(27)30-15-21(28)24-14-20-9-6-12-29-20/h3-13H,14-15H2,1-2H3,(H,24,28). The fourth-order valence-corrected chi connectivity index (χ4v) is 4.44. The van der Waals surface area contributed by atoms with E-state index in [4.69, 9.17) is 0 Å². The first-order chi connectivity index (χ1) is 14.6. The second-order valence-corrected chi connectivity index (χ2v) is 8.90. The van der Waals surface area contributed by atoms with Gasteiger partial charge in [-0.2, -0.15) is 0 Å². The second kappa shape index (κ2) is 9.28. The molecule has 1 N–H and O–H groups in total. The van der Waals surface area contributed by atoms with E-state index in [0.717, 1.165) is 22.0 Å². The van der Waals surface area contributed by atoms with Crippen LogP contribution in [-0.4, -0.2) is 26.4 Å². The van der Waals surface area contributed by atoms with Crippen molar-refractivity contribution >= 4 is 29.0 Å². The maximum atomic E-state index is 12.4. The highest BCUT2D eigenvalue weighted by atomic mass is 32.2. The lowest BCUT2D eigenvalue weighted by atomic mass is 10.1. The van der Waals surface area contributed by atoms with Gasteiger partial charge in [-0.1, -0.05) is 54.2 Å². The van der Waals surface area contributed by atoms with Crippen molar-refractivity contribution in [2.24, 2.45) is 0 Å². The predicted molar refractivity (Wildman–Crippen MR) is 123 cm³/mol. The van der Waals surface area contributed by atoms with E-state index < -0.39 is 0 Å². The van der Waals surface area contributed by atoms with Crippen LogP contribution in [0.5, 0.6) is 0 Å². The van der Waals surface area contributed by atoms with E-state index in [1.54, 1.807) is 11.3 Å². The van der Waals surface area contributed by atoms with Gasteiger partial charge >= 0.3 is 0 Å². The molecule has 152 valence electrons. The molecule has 0 aliphatic heterocycles. The van der Waals surface area contributed by atoms with Crippen molar-refractivity contribution in [3.05, 3.63) is 82.0 Å². The number of rotatable bonds is 7. The maximum absolute atomic E-state index is 12.4. The van der Waals surface area contributed by atoms with E-state index in [1.165, 1.54) is 22.9 Å². The van der Waals surface area contributed by atoms with Crippen LogP contribution in [0.4, 0.5) is 0 Å². The van der Waals surface area contributed by atoms with Crippen LogP contribution in [0.2, 0.25) is 0 Å². The van der Waals surface area contributed by atoms with Crippen LogP contribution in [-0.2, 0) is 11.3 Å². The molecule has 0 spiro atoms. The van der Waals surface area contributed by atoms with Crippen LogP contribution in [0.3, 0.4) is 0 Å². The van der Waals surface area contributed by atoms with Crippen LogP contribution >= 0.6 is 23.1 Å². The third kappa shape index (κ3) is 4.63. The minimum Gasteiger partial charge on any atom is -0.350 e. The minimum absolute atomic E-state index is 0.0238. The van der Waals surface area contributed by atoms with Gasteiger partial charge in [0.15, 0.2) is 11.0 Å². The Balaban J connectivity index is 1.58. The molecule has 0 fully saturated rings. The summed E-state index contributed by atoms with van der Waals surface area (Å²) in [5, 5.41) is 14.5. The van der Waals surface area contributed by atoms with Crippen molar-refractivity contribution in [2.75, 3.05) is 5.75 Å². The lowest BCUT2D eigenvalue weighted by Gasteiger charge is -2.12. The molecule has 4 aromatic rings. The Bertz CT molecular complexity index is 1140. The number of carbonyl (C=O) groups is 1. The van der Waals surface area contributed by atoms with E-state index in [-0.39, 0.29) is 11.7 Å². The Labute approximate surface area is 184 Å². The minimum atomic E-state index is -0.0238. The van der Waals surface area contributed by atoms with Crippen molar-refractivity contribution in [3.8, 4) is 17.1 Å². The number of thioether (sulfide) groups is 1. The molecule has 0 unspecified atom stereocenters. The molecule has 0 aliphatic rings. The molecule has 0 aliphatic carbocycles. The highest BCUT2D eigenvalue weighted by Crippen LogP contribution is 2.28. The molecule has 0 saturated carbocycles. The first-order valence-corrected chi connectivity index (χ1v) is 11.5. The number of nitrogens with one attached hydrogen (secondary N) is 1. The number of aryl methyl sites for hydroxylation is 2. The van der Waals surface area contributed by atoms with Crippen LogP contribution in [0.15, 0.2) is 71.2 Å². The van der Waals surface area contributed by atoms with E-state index in [1.807, 2.05) is 52.4 Å². The van der Waals surface area contributed by atoms with Crippen molar-refractivity contribution in [1.29, 1.82) is 0 Å². The van der Waals surface area contributed by atoms with Crippen molar-refractivity contribution in [3.63, 3.8) is 0 Å². The van der Waals surface area contributed by atoms with Crippen molar-refractivity contribution < 1.29 is 4.79 Å². The summed E-state index contributed by atoms with van der Waals surface area (Å²) in [6.07, 6.45) is 0. The van der Waals surface area contributed by atoms with Crippen LogP contribution < -0.4 is 5.32 Å². The lowest BCUT2D eigenvalue weighted by Crippen LogP contribution is -2.24. The molecule has 0 radical (unpaired) electrons. The smallest absolute Gasteiger partial charge is 0.230 e. The Kier molecular flexibility index (Phi) is 6.30. The number of benzene rings is 2. The number of thiophene rings is 1. The molecule has 2 heterocycles. The Morgan fingerprint density at radius 3 is 2.60 bits per heavy atom. The van der Waals surface area contributed by atoms with Crippen LogP contribution in [0.1, 0.15) is 16.0 Å². The summed E-state index contributed by atoms with van der Waals surface area (Å²) in [5.74, 6) is 1.02. The molecular weight excluding hydrogens is 412 g/mol. The van der Waals surface area contributed by atoms with Gasteiger partial charge in [-0.15, -0.1) is 21.5 Å². The van der Waals surface area contributed by atoms with Gasteiger partial charge < -0.3 is 5.32 Å². The summed E-state index contributed by atoms with van der Waals surface area (Å²) in [5.41, 5.74) is 4.40. The largest absolute Gasteiger partial charge is 0.350 e. The molecule has 4 rings (SSSR count). The topological polar surface area (TPSA) is 59.8 Å². The van der Waals surface area contributed by atoms with Crippen LogP contribution in [0, 0.1) is 13.8 Å².